The van der Waals surface area contributed by atoms with Crippen molar-refractivity contribution in [1.29, 1.82) is 0 Å². The lowest BCUT2D eigenvalue weighted by Gasteiger charge is -2.22. The third kappa shape index (κ3) is 4.98. The number of amidine groups is 1. The van der Waals surface area contributed by atoms with Crippen molar-refractivity contribution >= 4 is 5.84 Å². The van der Waals surface area contributed by atoms with Crippen LogP contribution in [-0.2, 0) is 13.0 Å². The number of hydrogen-bond acceptors (Lipinski definition) is 3. The van der Waals surface area contributed by atoms with Crippen molar-refractivity contribution in [3.8, 4) is 11.5 Å². The average Bonchev–Trinajstić information content (AvgIpc) is 3.31. The van der Waals surface area contributed by atoms with Gasteiger partial charge >= 0.3 is 0 Å². The summed E-state index contributed by atoms with van der Waals surface area (Å²) in [5.74, 6) is 2.78. The number of rotatable bonds is 7. The number of hydrogen-bond donors (Lipinski definition) is 0. The molecule has 0 N–H and O–H groups in total. The molecule has 4 aromatic carbocycles. The molecular formula is C30H28N2O. The molecule has 4 aromatic rings. The molecule has 0 spiro atoms. The summed E-state index contributed by atoms with van der Waals surface area (Å²) in [6.07, 6.45) is 0.859. The summed E-state index contributed by atoms with van der Waals surface area (Å²) in [5.41, 5.74) is 6.13. The number of benzene rings is 4. The van der Waals surface area contributed by atoms with Gasteiger partial charge in [0.2, 0.25) is 0 Å². The highest BCUT2D eigenvalue weighted by atomic mass is 16.5. The third-order valence-electron chi connectivity index (χ3n) is 6.08. The van der Waals surface area contributed by atoms with E-state index in [1.807, 2.05) is 30.3 Å². The van der Waals surface area contributed by atoms with Crippen molar-refractivity contribution in [1.82, 2.24) is 4.90 Å². The first kappa shape index (κ1) is 21.0. The minimum absolute atomic E-state index is 0.818. The van der Waals surface area contributed by atoms with Crippen LogP contribution < -0.4 is 4.74 Å². The van der Waals surface area contributed by atoms with E-state index in [4.69, 9.17) is 9.73 Å². The molecule has 1 aliphatic heterocycles. The van der Waals surface area contributed by atoms with E-state index < -0.39 is 0 Å². The number of aliphatic imine (C=N–C) groups is 1. The molecule has 3 nitrogen and oxygen atoms in total. The first-order valence-electron chi connectivity index (χ1n) is 11.5. The zero-order valence-corrected chi connectivity index (χ0v) is 18.9. The number of para-hydroxylation sites is 1. The molecule has 1 aliphatic rings. The molecule has 0 aromatic heterocycles. The van der Waals surface area contributed by atoms with E-state index in [0.29, 0.717) is 0 Å². The lowest BCUT2D eigenvalue weighted by molar-refractivity contribution is 0.452. The van der Waals surface area contributed by atoms with Crippen LogP contribution >= 0.6 is 0 Å². The molecule has 33 heavy (non-hydrogen) atoms. The van der Waals surface area contributed by atoms with Gasteiger partial charge in [-0.05, 0) is 59.9 Å². The van der Waals surface area contributed by atoms with Crippen LogP contribution in [0.1, 0.15) is 27.8 Å². The molecular weight excluding hydrogens is 404 g/mol. The Bertz CT molecular complexity index is 1170. The lowest BCUT2D eigenvalue weighted by Crippen LogP contribution is -2.28. The van der Waals surface area contributed by atoms with Crippen molar-refractivity contribution in [3.05, 3.63) is 131 Å². The molecule has 3 heteroatoms. The topological polar surface area (TPSA) is 24.8 Å². The molecule has 164 valence electrons. The zero-order chi connectivity index (χ0) is 22.5. The smallest absolute Gasteiger partial charge is 0.131 e. The van der Waals surface area contributed by atoms with E-state index in [-0.39, 0.29) is 0 Å². The highest BCUT2D eigenvalue weighted by Crippen LogP contribution is 2.31. The second-order valence-electron chi connectivity index (χ2n) is 8.45. The van der Waals surface area contributed by atoms with Crippen LogP contribution in [0, 0.1) is 6.92 Å². The molecule has 0 radical (unpaired) electrons. The SMILES string of the molecule is Cc1c(Cc2ccccc2)cc(C2=NCCN2Cc2ccccc2)cc1Oc1ccccc1. The lowest BCUT2D eigenvalue weighted by atomic mass is 9.96. The fraction of sp³-hybridized carbons (Fsp3) is 0.167. The molecule has 1 heterocycles. The van der Waals surface area contributed by atoms with E-state index in [1.54, 1.807) is 0 Å². The van der Waals surface area contributed by atoms with Gasteiger partial charge in [0.25, 0.3) is 0 Å². The molecule has 5 rings (SSSR count). The molecule has 0 atom stereocenters. The van der Waals surface area contributed by atoms with E-state index in [0.717, 1.165) is 49.0 Å². The molecule has 0 saturated heterocycles. The fourth-order valence-electron chi connectivity index (χ4n) is 4.31. The van der Waals surface area contributed by atoms with Gasteiger partial charge in [-0.1, -0.05) is 78.9 Å². The summed E-state index contributed by atoms with van der Waals surface area (Å²) >= 11 is 0. The minimum Gasteiger partial charge on any atom is -0.457 e. The maximum Gasteiger partial charge on any atom is 0.131 e. The van der Waals surface area contributed by atoms with E-state index in [9.17, 15) is 0 Å². The summed E-state index contributed by atoms with van der Waals surface area (Å²) in [6.45, 7) is 4.76. The van der Waals surface area contributed by atoms with Gasteiger partial charge in [-0.3, -0.25) is 4.99 Å². The van der Waals surface area contributed by atoms with Gasteiger partial charge < -0.3 is 9.64 Å². The van der Waals surface area contributed by atoms with Gasteiger partial charge in [-0.25, -0.2) is 0 Å². The Balaban J connectivity index is 1.51. The van der Waals surface area contributed by atoms with Crippen molar-refractivity contribution in [2.45, 2.75) is 19.9 Å². The monoisotopic (exact) mass is 432 g/mol. The predicted molar refractivity (Wildman–Crippen MR) is 135 cm³/mol. The van der Waals surface area contributed by atoms with Gasteiger partial charge in [0.1, 0.15) is 17.3 Å². The van der Waals surface area contributed by atoms with Gasteiger partial charge in [0.05, 0.1) is 6.54 Å². The summed E-state index contributed by atoms with van der Waals surface area (Å²) in [6, 6.07) is 35.7. The van der Waals surface area contributed by atoms with Crippen LogP contribution in [0.25, 0.3) is 0 Å². The second-order valence-corrected chi connectivity index (χ2v) is 8.45. The van der Waals surface area contributed by atoms with Crippen LogP contribution in [0.2, 0.25) is 0 Å². The summed E-state index contributed by atoms with van der Waals surface area (Å²) in [5, 5.41) is 0. The summed E-state index contributed by atoms with van der Waals surface area (Å²) in [4.78, 5) is 7.27. The first-order valence-corrected chi connectivity index (χ1v) is 11.5. The highest BCUT2D eigenvalue weighted by molar-refractivity contribution is 6.00. The van der Waals surface area contributed by atoms with E-state index in [1.165, 1.54) is 22.3 Å². The largest absolute Gasteiger partial charge is 0.457 e. The van der Waals surface area contributed by atoms with E-state index in [2.05, 4.69) is 84.6 Å². The Hall–Kier alpha value is -3.85. The molecule has 0 saturated carbocycles. The molecule has 0 aliphatic carbocycles. The van der Waals surface area contributed by atoms with E-state index >= 15 is 0 Å². The average molecular weight is 433 g/mol. The maximum atomic E-state index is 6.37. The summed E-state index contributed by atoms with van der Waals surface area (Å²) in [7, 11) is 0. The summed E-state index contributed by atoms with van der Waals surface area (Å²) < 4.78 is 6.37. The molecule has 0 fully saturated rings. The maximum absolute atomic E-state index is 6.37. The Labute approximate surface area is 196 Å². The second kappa shape index (κ2) is 9.74. The molecule has 0 unspecified atom stereocenters. The predicted octanol–water partition coefficient (Wildman–Crippen LogP) is 6.64. The Kier molecular flexibility index (Phi) is 6.21. The van der Waals surface area contributed by atoms with Crippen LogP contribution in [0.5, 0.6) is 11.5 Å². The molecule has 0 bridgehead atoms. The number of nitrogens with zero attached hydrogens (tertiary/aromatic N) is 2. The van der Waals surface area contributed by atoms with Gasteiger partial charge in [0, 0.05) is 18.7 Å². The van der Waals surface area contributed by atoms with Crippen molar-refractivity contribution in [3.63, 3.8) is 0 Å². The normalized spacial score (nSPS) is 13.1. The van der Waals surface area contributed by atoms with Crippen LogP contribution in [-0.4, -0.2) is 23.8 Å². The van der Waals surface area contributed by atoms with Gasteiger partial charge in [0.15, 0.2) is 0 Å². The van der Waals surface area contributed by atoms with Crippen LogP contribution in [0.3, 0.4) is 0 Å². The molecule has 0 amide bonds. The third-order valence-corrected chi connectivity index (χ3v) is 6.08. The quantitative estimate of drug-likeness (QED) is 0.327. The Morgan fingerprint density at radius 1 is 0.788 bits per heavy atom. The first-order chi connectivity index (χ1) is 16.3. The van der Waals surface area contributed by atoms with Gasteiger partial charge in [-0.2, -0.15) is 0 Å². The van der Waals surface area contributed by atoms with Crippen LogP contribution in [0.15, 0.2) is 108 Å². The minimum atomic E-state index is 0.818. The standard InChI is InChI=1S/C30H28N2O/c1-23-26(19-24-11-5-2-6-12-24)20-27(21-29(23)33-28-15-9-4-10-16-28)30-31-17-18-32(30)22-25-13-7-3-8-14-25/h2-16,20-21H,17-19,22H2,1H3. The zero-order valence-electron chi connectivity index (χ0n) is 18.9. The Morgan fingerprint density at radius 2 is 1.42 bits per heavy atom. The highest BCUT2D eigenvalue weighted by Gasteiger charge is 2.21. The Morgan fingerprint density at radius 3 is 2.12 bits per heavy atom. The fourth-order valence-corrected chi connectivity index (χ4v) is 4.31. The van der Waals surface area contributed by atoms with Crippen molar-refractivity contribution in [2.24, 2.45) is 4.99 Å². The number of ether oxygens (including phenoxy) is 1. The van der Waals surface area contributed by atoms with Crippen molar-refractivity contribution < 1.29 is 4.74 Å². The van der Waals surface area contributed by atoms with Crippen molar-refractivity contribution in [2.75, 3.05) is 13.1 Å². The van der Waals surface area contributed by atoms with Gasteiger partial charge in [-0.15, -0.1) is 0 Å². The van der Waals surface area contributed by atoms with Crippen LogP contribution in [0.4, 0.5) is 0 Å².